The van der Waals surface area contributed by atoms with Crippen molar-refractivity contribution in [3.05, 3.63) is 101 Å². The van der Waals surface area contributed by atoms with Crippen LogP contribution < -0.4 is 5.73 Å². The third kappa shape index (κ3) is 5.73. The monoisotopic (exact) mass is 499 g/mol. The molecule has 0 saturated carbocycles. The third-order valence-corrected chi connectivity index (χ3v) is 6.76. The van der Waals surface area contributed by atoms with Crippen LogP contribution in [0.25, 0.3) is 22.4 Å². The molecule has 0 radical (unpaired) electrons. The van der Waals surface area contributed by atoms with Crippen molar-refractivity contribution in [2.24, 2.45) is 5.73 Å². The van der Waals surface area contributed by atoms with E-state index in [2.05, 4.69) is 4.90 Å². The van der Waals surface area contributed by atoms with Gasteiger partial charge in [-0.3, -0.25) is 0 Å². The van der Waals surface area contributed by atoms with Gasteiger partial charge >= 0.3 is 0 Å². The lowest BCUT2D eigenvalue weighted by molar-refractivity contribution is 0.300. The lowest BCUT2D eigenvalue weighted by atomic mass is 9.90. The van der Waals surface area contributed by atoms with Crippen molar-refractivity contribution >= 4 is 11.3 Å². The fourth-order valence-electron chi connectivity index (χ4n) is 4.78. The molecule has 1 heterocycles. The Kier molecular flexibility index (Phi) is 8.05. The van der Waals surface area contributed by atoms with Crippen molar-refractivity contribution in [2.75, 3.05) is 13.1 Å². The number of benzene rings is 3. The summed E-state index contributed by atoms with van der Waals surface area (Å²) >= 11 is 0. The maximum atomic E-state index is 14.4. The van der Waals surface area contributed by atoms with Gasteiger partial charge in [-0.25, -0.2) is 8.78 Å². The van der Waals surface area contributed by atoms with Gasteiger partial charge in [0.05, 0.1) is 11.3 Å². The first-order valence-electron chi connectivity index (χ1n) is 12.5. The maximum absolute atomic E-state index is 14.4. The molecule has 3 N–H and O–H groups in total. The first kappa shape index (κ1) is 26.1. The van der Waals surface area contributed by atoms with E-state index in [9.17, 15) is 19.1 Å². The lowest BCUT2D eigenvalue weighted by Crippen LogP contribution is -2.39. The normalized spacial score (nSPS) is 15.1. The topological polar surface area (TPSA) is 73.3 Å². The fraction of sp³-hybridized carbons (Fsp3) is 0.258. The van der Waals surface area contributed by atoms with E-state index in [4.69, 9.17) is 5.73 Å². The van der Waals surface area contributed by atoms with E-state index in [0.717, 1.165) is 47.7 Å². The summed E-state index contributed by atoms with van der Waals surface area (Å²) in [5.41, 5.74) is 11.6. The van der Waals surface area contributed by atoms with Gasteiger partial charge < -0.3 is 15.7 Å². The van der Waals surface area contributed by atoms with Crippen molar-refractivity contribution < 1.29 is 13.9 Å². The quantitative estimate of drug-likeness (QED) is 0.290. The van der Waals surface area contributed by atoms with E-state index in [1.165, 1.54) is 12.1 Å². The van der Waals surface area contributed by atoms with E-state index in [-0.39, 0.29) is 17.4 Å². The van der Waals surface area contributed by atoms with Gasteiger partial charge in [-0.1, -0.05) is 43.3 Å². The van der Waals surface area contributed by atoms with Crippen molar-refractivity contribution in [2.45, 2.75) is 39.2 Å². The Bertz CT molecular complexity index is 1380. The Hall–Kier alpha value is -3.95. The van der Waals surface area contributed by atoms with E-state index in [0.29, 0.717) is 29.8 Å². The molecule has 1 saturated heterocycles. The number of aromatic hydroxyl groups is 1. The largest absolute Gasteiger partial charge is 0.506 e. The number of halogens is 2. The zero-order valence-electron chi connectivity index (χ0n) is 21.1. The number of para-hydroxylation sites is 1. The van der Waals surface area contributed by atoms with Crippen molar-refractivity contribution in [1.29, 1.82) is 5.26 Å². The van der Waals surface area contributed by atoms with Crippen molar-refractivity contribution in [1.82, 2.24) is 4.90 Å². The van der Waals surface area contributed by atoms with Crippen LogP contribution in [0, 0.1) is 29.9 Å². The Morgan fingerprint density at radius 3 is 2.46 bits per heavy atom. The second-order valence-corrected chi connectivity index (χ2v) is 9.40. The Labute approximate surface area is 217 Å². The van der Waals surface area contributed by atoms with Crippen LogP contribution in [-0.4, -0.2) is 29.1 Å². The van der Waals surface area contributed by atoms with Crippen LogP contribution in [0.4, 0.5) is 8.78 Å². The van der Waals surface area contributed by atoms with Crippen LogP contribution in [-0.2, 0) is 0 Å². The van der Waals surface area contributed by atoms with Crippen LogP contribution in [0.2, 0.25) is 0 Å². The molecule has 0 atom stereocenters. The predicted octanol–water partition coefficient (Wildman–Crippen LogP) is 6.78. The van der Waals surface area contributed by atoms with Crippen molar-refractivity contribution in [3.63, 3.8) is 0 Å². The van der Waals surface area contributed by atoms with Gasteiger partial charge in [0.2, 0.25) is 0 Å². The van der Waals surface area contributed by atoms with E-state index in [1.54, 1.807) is 18.2 Å². The van der Waals surface area contributed by atoms with Gasteiger partial charge in [-0.05, 0) is 67.1 Å². The summed E-state index contributed by atoms with van der Waals surface area (Å²) in [6.07, 6.45) is 6.27. The number of phenols is 1. The molecule has 190 valence electrons. The molecule has 0 unspecified atom stereocenters. The number of aryl methyl sites for hydroxylation is 1. The second-order valence-electron chi connectivity index (χ2n) is 9.40. The number of allylic oxidation sites excluding steroid dienone is 3. The molecule has 1 aliphatic rings. The average Bonchev–Trinajstić information content (AvgIpc) is 2.87. The maximum Gasteiger partial charge on any atom is 0.141 e. The van der Waals surface area contributed by atoms with Crippen LogP contribution in [0.3, 0.4) is 0 Å². The minimum absolute atomic E-state index is 0.0763. The predicted molar refractivity (Wildman–Crippen MR) is 144 cm³/mol. The molecule has 6 heteroatoms. The summed E-state index contributed by atoms with van der Waals surface area (Å²) in [5, 5.41) is 20.1. The van der Waals surface area contributed by atoms with Crippen LogP contribution in [0.5, 0.6) is 5.75 Å². The zero-order chi connectivity index (χ0) is 26.5. The number of nitriles is 1. The SMILES string of the molecule is CC/C=C/C(=C(\c1cc(-c2cccc(C#N)c2O)ccc1C)N1CCC(N)CC1)c1cc(F)cc(F)c1. The van der Waals surface area contributed by atoms with E-state index < -0.39 is 11.6 Å². The summed E-state index contributed by atoms with van der Waals surface area (Å²) in [5.74, 6) is -1.35. The molecule has 0 aliphatic carbocycles. The van der Waals surface area contributed by atoms with Gasteiger partial charge in [-0.2, -0.15) is 5.26 Å². The number of likely N-dealkylation sites (tertiary alicyclic amines) is 1. The molecule has 0 spiro atoms. The van der Waals surface area contributed by atoms with Gasteiger partial charge in [0.25, 0.3) is 0 Å². The van der Waals surface area contributed by atoms with Crippen molar-refractivity contribution in [3.8, 4) is 22.9 Å². The van der Waals surface area contributed by atoms with E-state index >= 15 is 0 Å². The number of hydrogen-bond donors (Lipinski definition) is 2. The third-order valence-electron chi connectivity index (χ3n) is 6.76. The molecule has 3 aromatic rings. The minimum atomic E-state index is -0.638. The summed E-state index contributed by atoms with van der Waals surface area (Å²) in [4.78, 5) is 2.24. The number of piperidine rings is 1. The van der Waals surface area contributed by atoms with Crippen LogP contribution >= 0.6 is 0 Å². The van der Waals surface area contributed by atoms with Gasteiger partial charge in [0.15, 0.2) is 0 Å². The molecular formula is C31H31F2N3O. The molecule has 0 bridgehead atoms. The number of nitrogens with two attached hydrogens (primary N) is 1. The highest BCUT2D eigenvalue weighted by Gasteiger charge is 2.24. The average molecular weight is 500 g/mol. The number of rotatable bonds is 6. The van der Waals surface area contributed by atoms with E-state index in [1.807, 2.05) is 50.3 Å². The highest BCUT2D eigenvalue weighted by molar-refractivity contribution is 5.96. The number of phenolic OH excluding ortho intramolecular Hbond substituents is 1. The fourth-order valence-corrected chi connectivity index (χ4v) is 4.78. The highest BCUT2D eigenvalue weighted by Crippen LogP contribution is 2.38. The molecular weight excluding hydrogens is 468 g/mol. The van der Waals surface area contributed by atoms with Crippen LogP contribution in [0.1, 0.15) is 48.4 Å². The molecule has 0 aromatic heterocycles. The van der Waals surface area contributed by atoms with Crippen LogP contribution in [0.15, 0.2) is 66.7 Å². The Morgan fingerprint density at radius 2 is 1.81 bits per heavy atom. The molecule has 3 aromatic carbocycles. The number of hydrogen-bond acceptors (Lipinski definition) is 4. The summed E-state index contributed by atoms with van der Waals surface area (Å²) in [6.45, 7) is 5.41. The zero-order valence-corrected chi connectivity index (χ0v) is 21.1. The number of nitrogens with zero attached hydrogens (tertiary/aromatic N) is 2. The highest BCUT2D eigenvalue weighted by atomic mass is 19.1. The molecule has 1 aliphatic heterocycles. The smallest absolute Gasteiger partial charge is 0.141 e. The molecule has 1 fully saturated rings. The standard InChI is InChI=1S/C31H31F2N3O/c1-3-4-7-27(23-15-24(32)18-25(33)16-23)30(36-13-11-26(35)12-14-36)29-17-21(10-9-20(29)2)28-8-5-6-22(19-34)31(28)37/h4-10,15-18,26,37H,3,11-14,35H2,1-2H3/b7-4+,30-27-. The second kappa shape index (κ2) is 11.4. The van der Waals surface area contributed by atoms with Gasteiger partial charge in [0, 0.05) is 41.9 Å². The Balaban J connectivity index is 2.01. The molecule has 0 amide bonds. The Morgan fingerprint density at radius 1 is 1.11 bits per heavy atom. The first-order chi connectivity index (χ1) is 17.8. The summed E-state index contributed by atoms with van der Waals surface area (Å²) in [7, 11) is 0. The van der Waals surface area contributed by atoms with Gasteiger partial charge in [-0.15, -0.1) is 0 Å². The molecule has 37 heavy (non-hydrogen) atoms. The summed E-state index contributed by atoms with van der Waals surface area (Å²) in [6, 6.07) is 16.6. The molecule has 4 rings (SSSR count). The minimum Gasteiger partial charge on any atom is -0.506 e. The van der Waals surface area contributed by atoms with Gasteiger partial charge in [0.1, 0.15) is 23.5 Å². The lowest BCUT2D eigenvalue weighted by Gasteiger charge is -2.36. The molecule has 4 nitrogen and oxygen atoms in total. The first-order valence-corrected chi connectivity index (χ1v) is 12.5. The summed E-state index contributed by atoms with van der Waals surface area (Å²) < 4.78 is 28.8.